The van der Waals surface area contributed by atoms with Gasteiger partial charge in [0, 0.05) is 28.8 Å². The number of rotatable bonds is 5. The Labute approximate surface area is 151 Å². The molecule has 130 valence electrons. The van der Waals surface area contributed by atoms with E-state index in [0.717, 1.165) is 10.0 Å². The highest BCUT2D eigenvalue weighted by Gasteiger charge is 2.40. The van der Waals surface area contributed by atoms with Crippen molar-refractivity contribution in [3.8, 4) is 0 Å². The number of hydrogen-bond acceptors (Lipinski definition) is 4. The monoisotopic (exact) mass is 411 g/mol. The lowest BCUT2D eigenvalue weighted by Gasteiger charge is -2.22. The Morgan fingerprint density at radius 2 is 2.17 bits per heavy atom. The minimum Gasteiger partial charge on any atom is -0.306 e. The first-order valence-electron chi connectivity index (χ1n) is 8.01. The Bertz CT molecular complexity index is 834. The molecule has 1 fully saturated rings. The molecule has 2 aromatic rings. The molecule has 24 heavy (non-hydrogen) atoms. The van der Waals surface area contributed by atoms with Crippen LogP contribution < -0.4 is 5.32 Å². The standard InChI is InChI=1S/C17H22BrN3O2S/c1-13(15-5-3-4-6-16(15)18)19-9-14-10-20-21(11-14)17(2)7-8-24(22,23)12-17/h3-6,10-11,13,19H,7-9,12H2,1-2H3/t13-,17-/m0/s1. The predicted molar refractivity (Wildman–Crippen MR) is 98.5 cm³/mol. The van der Waals surface area contributed by atoms with Crippen LogP contribution in [0.2, 0.25) is 0 Å². The molecule has 1 N–H and O–H groups in total. The summed E-state index contributed by atoms with van der Waals surface area (Å²) >= 11 is 3.58. The highest BCUT2D eigenvalue weighted by Crippen LogP contribution is 2.30. The number of halogens is 1. The van der Waals surface area contributed by atoms with Crippen LogP contribution in [0, 0.1) is 0 Å². The van der Waals surface area contributed by atoms with Gasteiger partial charge in [0.1, 0.15) is 0 Å². The van der Waals surface area contributed by atoms with Crippen LogP contribution in [0.3, 0.4) is 0 Å². The molecule has 0 saturated carbocycles. The number of nitrogens with zero attached hydrogens (tertiary/aromatic N) is 2. The molecule has 0 bridgehead atoms. The maximum Gasteiger partial charge on any atom is 0.152 e. The Hall–Kier alpha value is -1.18. The summed E-state index contributed by atoms with van der Waals surface area (Å²) in [5, 5.41) is 7.89. The normalized spacial score (nSPS) is 24.1. The van der Waals surface area contributed by atoms with E-state index in [0.29, 0.717) is 13.0 Å². The Kier molecular flexibility index (Phi) is 4.86. The average Bonchev–Trinajstić information content (AvgIpc) is 3.11. The predicted octanol–water partition coefficient (Wildman–Crippen LogP) is 3.03. The molecular weight excluding hydrogens is 390 g/mol. The molecule has 2 heterocycles. The van der Waals surface area contributed by atoms with Crippen molar-refractivity contribution in [2.45, 2.75) is 38.4 Å². The fourth-order valence-corrected chi connectivity index (χ4v) is 5.88. The smallest absolute Gasteiger partial charge is 0.152 e. The van der Waals surface area contributed by atoms with E-state index in [9.17, 15) is 8.42 Å². The number of sulfone groups is 1. The van der Waals surface area contributed by atoms with Gasteiger partial charge in [-0.05, 0) is 31.9 Å². The maximum atomic E-state index is 11.8. The van der Waals surface area contributed by atoms with Crippen molar-refractivity contribution in [2.75, 3.05) is 11.5 Å². The van der Waals surface area contributed by atoms with Crippen molar-refractivity contribution in [2.24, 2.45) is 0 Å². The van der Waals surface area contributed by atoms with Crippen molar-refractivity contribution >= 4 is 25.8 Å². The Morgan fingerprint density at radius 3 is 2.83 bits per heavy atom. The second-order valence-corrected chi connectivity index (χ2v) is 9.79. The molecule has 2 atom stereocenters. The number of hydrogen-bond donors (Lipinski definition) is 1. The highest BCUT2D eigenvalue weighted by atomic mass is 79.9. The van der Waals surface area contributed by atoms with Gasteiger partial charge in [-0.15, -0.1) is 0 Å². The molecule has 1 aliphatic rings. The van der Waals surface area contributed by atoms with Crippen LogP contribution >= 0.6 is 15.9 Å². The van der Waals surface area contributed by atoms with Gasteiger partial charge in [0.05, 0.1) is 23.2 Å². The van der Waals surface area contributed by atoms with Gasteiger partial charge in [-0.3, -0.25) is 4.68 Å². The number of nitrogens with one attached hydrogen (secondary N) is 1. The first-order valence-corrected chi connectivity index (χ1v) is 10.6. The lowest BCUT2D eigenvalue weighted by Crippen LogP contribution is -2.31. The first-order chi connectivity index (χ1) is 11.3. The molecule has 0 unspecified atom stereocenters. The Balaban J connectivity index is 1.66. The summed E-state index contributed by atoms with van der Waals surface area (Å²) < 4.78 is 26.4. The van der Waals surface area contributed by atoms with Gasteiger partial charge in [0.15, 0.2) is 9.84 Å². The zero-order chi connectivity index (χ0) is 17.4. The van der Waals surface area contributed by atoms with Crippen LogP contribution in [-0.4, -0.2) is 29.7 Å². The fourth-order valence-electron chi connectivity index (χ4n) is 3.13. The lowest BCUT2D eigenvalue weighted by molar-refractivity contribution is 0.328. The summed E-state index contributed by atoms with van der Waals surface area (Å²) in [6.45, 7) is 4.77. The van der Waals surface area contributed by atoms with E-state index in [1.807, 2.05) is 42.2 Å². The molecule has 7 heteroatoms. The summed E-state index contributed by atoms with van der Waals surface area (Å²) in [5.41, 5.74) is 1.84. The zero-order valence-electron chi connectivity index (χ0n) is 13.9. The van der Waals surface area contributed by atoms with Crippen molar-refractivity contribution in [1.82, 2.24) is 15.1 Å². The topological polar surface area (TPSA) is 64.0 Å². The van der Waals surface area contributed by atoms with Gasteiger partial charge in [0.2, 0.25) is 0 Å². The molecule has 0 aliphatic carbocycles. The van der Waals surface area contributed by atoms with Gasteiger partial charge < -0.3 is 5.32 Å². The van der Waals surface area contributed by atoms with Crippen molar-refractivity contribution in [1.29, 1.82) is 0 Å². The first kappa shape index (κ1) is 17.6. The van der Waals surface area contributed by atoms with E-state index in [1.54, 1.807) is 0 Å². The van der Waals surface area contributed by atoms with Gasteiger partial charge in [0.25, 0.3) is 0 Å². The van der Waals surface area contributed by atoms with E-state index in [1.165, 1.54) is 5.56 Å². The minimum absolute atomic E-state index is 0.169. The third kappa shape index (κ3) is 3.73. The number of aromatic nitrogens is 2. The van der Waals surface area contributed by atoms with Crippen LogP contribution in [0.25, 0.3) is 0 Å². The second-order valence-electron chi connectivity index (χ2n) is 6.76. The van der Waals surface area contributed by atoms with Crippen molar-refractivity contribution in [3.63, 3.8) is 0 Å². The van der Waals surface area contributed by atoms with E-state index >= 15 is 0 Å². The summed E-state index contributed by atoms with van der Waals surface area (Å²) in [7, 11) is -2.94. The lowest BCUT2D eigenvalue weighted by atomic mass is 10.0. The molecule has 1 aliphatic heterocycles. The molecule has 0 radical (unpaired) electrons. The molecule has 1 saturated heterocycles. The molecular formula is C17H22BrN3O2S. The van der Waals surface area contributed by atoms with Crippen molar-refractivity contribution < 1.29 is 8.42 Å². The zero-order valence-corrected chi connectivity index (χ0v) is 16.3. The molecule has 3 rings (SSSR count). The van der Waals surface area contributed by atoms with Crippen LogP contribution in [0.4, 0.5) is 0 Å². The van der Waals surface area contributed by atoms with Crippen LogP contribution in [-0.2, 0) is 21.9 Å². The van der Waals surface area contributed by atoms with Gasteiger partial charge >= 0.3 is 0 Å². The molecule has 0 spiro atoms. The van der Waals surface area contributed by atoms with Gasteiger partial charge in [-0.2, -0.15) is 5.10 Å². The minimum atomic E-state index is -2.94. The Morgan fingerprint density at radius 1 is 1.42 bits per heavy atom. The third-order valence-corrected chi connectivity index (χ3v) is 7.27. The summed E-state index contributed by atoms with van der Waals surface area (Å²) in [5.74, 6) is 0.415. The maximum absolute atomic E-state index is 11.8. The van der Waals surface area contributed by atoms with E-state index < -0.39 is 15.4 Å². The highest BCUT2D eigenvalue weighted by molar-refractivity contribution is 9.10. The average molecular weight is 412 g/mol. The fraction of sp³-hybridized carbons (Fsp3) is 0.471. The SMILES string of the molecule is C[C@H](NCc1cnn([C@@]2(C)CCS(=O)(=O)C2)c1)c1ccccc1Br. The van der Waals surface area contributed by atoms with Crippen LogP contribution in [0.1, 0.15) is 37.4 Å². The van der Waals surface area contributed by atoms with Gasteiger partial charge in [-0.1, -0.05) is 34.1 Å². The van der Waals surface area contributed by atoms with Crippen molar-refractivity contribution in [3.05, 3.63) is 52.3 Å². The number of benzene rings is 1. The molecule has 1 aromatic heterocycles. The largest absolute Gasteiger partial charge is 0.306 e. The molecule has 1 aromatic carbocycles. The van der Waals surface area contributed by atoms with E-state index in [4.69, 9.17) is 0 Å². The van der Waals surface area contributed by atoms with E-state index in [2.05, 4.69) is 39.3 Å². The quantitative estimate of drug-likeness (QED) is 0.820. The summed E-state index contributed by atoms with van der Waals surface area (Å²) in [6, 6.07) is 8.35. The van der Waals surface area contributed by atoms with Gasteiger partial charge in [-0.25, -0.2) is 8.42 Å². The van der Waals surface area contributed by atoms with Crippen LogP contribution in [0.15, 0.2) is 41.1 Å². The van der Waals surface area contributed by atoms with E-state index in [-0.39, 0.29) is 17.5 Å². The molecule has 0 amide bonds. The third-order valence-electron chi connectivity index (χ3n) is 4.66. The molecule has 5 nitrogen and oxygen atoms in total. The summed E-state index contributed by atoms with van der Waals surface area (Å²) in [4.78, 5) is 0. The second kappa shape index (κ2) is 6.61. The summed E-state index contributed by atoms with van der Waals surface area (Å²) in [6.07, 6.45) is 4.40. The van der Waals surface area contributed by atoms with Crippen LogP contribution in [0.5, 0.6) is 0 Å².